The topological polar surface area (TPSA) is 70.0 Å². The van der Waals surface area contributed by atoms with Gasteiger partial charge in [0.2, 0.25) is 10.0 Å². The summed E-state index contributed by atoms with van der Waals surface area (Å²) in [6.45, 7) is 6.08. The molecule has 4 nitrogen and oxygen atoms in total. The number of nitrogens with zero attached hydrogens (tertiary/aromatic N) is 1. The Balaban J connectivity index is 2.55. The standard InChI is InChI=1S/C10H18N2O2S/c1-8(2)10(4-5-10)7-12-15(13,14)9(3)6-11/h8-9,12H,4-5,7H2,1-3H3. The van der Waals surface area contributed by atoms with Crippen molar-refractivity contribution in [2.24, 2.45) is 11.3 Å². The van der Waals surface area contributed by atoms with Gasteiger partial charge in [-0.3, -0.25) is 0 Å². The lowest BCUT2D eigenvalue weighted by atomic mass is 9.93. The molecule has 0 spiro atoms. The van der Waals surface area contributed by atoms with Crippen LogP contribution in [-0.2, 0) is 10.0 Å². The van der Waals surface area contributed by atoms with Crippen molar-refractivity contribution in [3.05, 3.63) is 0 Å². The second-order valence-electron chi connectivity index (χ2n) is 4.65. The Labute approximate surface area is 91.7 Å². The van der Waals surface area contributed by atoms with Crippen LogP contribution in [0.25, 0.3) is 0 Å². The first-order valence-electron chi connectivity index (χ1n) is 5.22. The highest BCUT2D eigenvalue weighted by Gasteiger charge is 2.45. The molecule has 0 aliphatic heterocycles. The number of nitrogens with one attached hydrogen (secondary N) is 1. The van der Waals surface area contributed by atoms with E-state index < -0.39 is 15.3 Å². The fourth-order valence-electron chi connectivity index (χ4n) is 1.56. The van der Waals surface area contributed by atoms with Crippen molar-refractivity contribution in [1.29, 1.82) is 5.26 Å². The molecule has 0 saturated heterocycles. The van der Waals surface area contributed by atoms with Crippen LogP contribution in [0.4, 0.5) is 0 Å². The molecule has 0 aromatic heterocycles. The molecule has 0 amide bonds. The Bertz CT molecular complexity index is 363. The molecule has 1 aliphatic rings. The minimum Gasteiger partial charge on any atom is -0.214 e. The molecular formula is C10H18N2O2S. The number of hydrogen-bond acceptors (Lipinski definition) is 3. The van der Waals surface area contributed by atoms with Crippen LogP contribution in [0.15, 0.2) is 0 Å². The Morgan fingerprint density at radius 3 is 2.27 bits per heavy atom. The summed E-state index contributed by atoms with van der Waals surface area (Å²) >= 11 is 0. The third-order valence-electron chi connectivity index (χ3n) is 3.39. The van der Waals surface area contributed by atoms with Crippen molar-refractivity contribution < 1.29 is 8.42 Å². The molecule has 0 aromatic rings. The van der Waals surface area contributed by atoms with Crippen LogP contribution in [0.5, 0.6) is 0 Å². The summed E-state index contributed by atoms with van der Waals surface area (Å²) in [5.74, 6) is 0.484. The Kier molecular flexibility index (Phi) is 3.41. The van der Waals surface area contributed by atoms with Gasteiger partial charge in [0, 0.05) is 6.54 Å². The maximum Gasteiger partial charge on any atom is 0.227 e. The molecule has 1 atom stereocenters. The van der Waals surface area contributed by atoms with Crippen LogP contribution < -0.4 is 4.72 Å². The molecule has 1 aliphatic carbocycles. The van der Waals surface area contributed by atoms with Crippen molar-refractivity contribution in [2.75, 3.05) is 6.54 Å². The van der Waals surface area contributed by atoms with Crippen LogP contribution >= 0.6 is 0 Å². The highest BCUT2D eigenvalue weighted by molar-refractivity contribution is 7.90. The van der Waals surface area contributed by atoms with Crippen LogP contribution in [0, 0.1) is 22.7 Å². The molecule has 1 N–H and O–H groups in total. The third-order valence-corrected chi connectivity index (χ3v) is 4.97. The summed E-state index contributed by atoms with van der Waals surface area (Å²) in [6.07, 6.45) is 2.16. The minimum atomic E-state index is -3.45. The van der Waals surface area contributed by atoms with Gasteiger partial charge in [0.25, 0.3) is 0 Å². The van der Waals surface area contributed by atoms with Gasteiger partial charge in [-0.25, -0.2) is 13.1 Å². The molecule has 0 heterocycles. The summed E-state index contributed by atoms with van der Waals surface area (Å²) in [4.78, 5) is 0. The molecule has 5 heteroatoms. The summed E-state index contributed by atoms with van der Waals surface area (Å²) in [7, 11) is -3.45. The molecule has 0 radical (unpaired) electrons. The smallest absolute Gasteiger partial charge is 0.214 e. The molecule has 1 saturated carbocycles. The van der Waals surface area contributed by atoms with Gasteiger partial charge >= 0.3 is 0 Å². The predicted octanol–water partition coefficient (Wildman–Crippen LogP) is 1.25. The number of nitriles is 1. The summed E-state index contributed by atoms with van der Waals surface area (Å²) in [6, 6.07) is 1.74. The molecule has 1 rings (SSSR count). The van der Waals surface area contributed by atoms with Crippen LogP contribution in [0.1, 0.15) is 33.6 Å². The third kappa shape index (κ3) is 2.70. The first-order chi connectivity index (χ1) is 6.84. The SMILES string of the molecule is CC(C)C1(CNS(=O)(=O)C(C)C#N)CC1. The van der Waals surface area contributed by atoms with E-state index in [2.05, 4.69) is 18.6 Å². The van der Waals surface area contributed by atoms with Gasteiger partial charge in [-0.05, 0) is 31.1 Å². The zero-order valence-electron chi connectivity index (χ0n) is 9.45. The maximum atomic E-state index is 11.5. The fraction of sp³-hybridized carbons (Fsp3) is 0.900. The first kappa shape index (κ1) is 12.5. The second-order valence-corrected chi connectivity index (χ2v) is 6.74. The van der Waals surface area contributed by atoms with Crippen molar-refractivity contribution in [1.82, 2.24) is 4.72 Å². The number of sulfonamides is 1. The molecule has 1 unspecified atom stereocenters. The van der Waals surface area contributed by atoms with E-state index in [0.717, 1.165) is 12.8 Å². The fourth-order valence-corrected chi connectivity index (χ4v) is 2.43. The molecular weight excluding hydrogens is 212 g/mol. The summed E-state index contributed by atoms with van der Waals surface area (Å²) in [5, 5.41) is 7.58. The quantitative estimate of drug-likeness (QED) is 0.772. The van der Waals surface area contributed by atoms with E-state index >= 15 is 0 Å². The number of hydrogen-bond donors (Lipinski definition) is 1. The second kappa shape index (κ2) is 4.11. The van der Waals surface area contributed by atoms with Crippen molar-refractivity contribution in [3.63, 3.8) is 0 Å². The van der Waals surface area contributed by atoms with Crippen molar-refractivity contribution >= 4 is 10.0 Å². The summed E-state index contributed by atoms with van der Waals surface area (Å²) < 4.78 is 25.6. The Hall–Kier alpha value is -0.600. The number of rotatable bonds is 5. The van der Waals surface area contributed by atoms with E-state index in [1.807, 2.05) is 0 Å². The maximum absolute atomic E-state index is 11.5. The lowest BCUT2D eigenvalue weighted by Gasteiger charge is -2.20. The van der Waals surface area contributed by atoms with E-state index in [0.29, 0.717) is 12.5 Å². The van der Waals surface area contributed by atoms with Gasteiger partial charge in [-0.2, -0.15) is 5.26 Å². The molecule has 0 bridgehead atoms. The highest BCUT2D eigenvalue weighted by atomic mass is 32.2. The first-order valence-corrected chi connectivity index (χ1v) is 6.77. The molecule has 86 valence electrons. The Morgan fingerprint density at radius 1 is 1.40 bits per heavy atom. The van der Waals surface area contributed by atoms with E-state index in [4.69, 9.17) is 5.26 Å². The average Bonchev–Trinajstić information content (AvgIpc) is 2.94. The molecule has 0 aromatic carbocycles. The van der Waals surface area contributed by atoms with Crippen molar-refractivity contribution in [2.45, 2.75) is 38.9 Å². The largest absolute Gasteiger partial charge is 0.227 e. The van der Waals surface area contributed by atoms with E-state index in [-0.39, 0.29) is 5.41 Å². The zero-order valence-corrected chi connectivity index (χ0v) is 10.3. The van der Waals surface area contributed by atoms with E-state index in [1.165, 1.54) is 6.92 Å². The average molecular weight is 230 g/mol. The van der Waals surface area contributed by atoms with Crippen molar-refractivity contribution in [3.8, 4) is 6.07 Å². The van der Waals surface area contributed by atoms with Gasteiger partial charge in [0.1, 0.15) is 0 Å². The van der Waals surface area contributed by atoms with E-state index in [1.54, 1.807) is 6.07 Å². The zero-order chi connectivity index (χ0) is 11.7. The van der Waals surface area contributed by atoms with Crippen LogP contribution in [0.2, 0.25) is 0 Å². The highest BCUT2D eigenvalue weighted by Crippen LogP contribution is 2.51. The lowest BCUT2D eigenvalue weighted by molar-refractivity contribution is 0.357. The van der Waals surface area contributed by atoms with Gasteiger partial charge in [-0.1, -0.05) is 13.8 Å². The summed E-state index contributed by atoms with van der Waals surface area (Å²) in [5.41, 5.74) is 0.141. The van der Waals surface area contributed by atoms with E-state index in [9.17, 15) is 8.42 Å². The monoisotopic (exact) mass is 230 g/mol. The minimum absolute atomic E-state index is 0.141. The van der Waals surface area contributed by atoms with Gasteiger partial charge in [0.15, 0.2) is 5.25 Å². The Morgan fingerprint density at radius 2 is 1.93 bits per heavy atom. The molecule has 15 heavy (non-hydrogen) atoms. The van der Waals surface area contributed by atoms with Gasteiger partial charge < -0.3 is 0 Å². The van der Waals surface area contributed by atoms with Gasteiger partial charge in [0.05, 0.1) is 6.07 Å². The molecule has 1 fully saturated rings. The predicted molar refractivity (Wildman–Crippen MR) is 58.5 cm³/mol. The lowest BCUT2D eigenvalue weighted by Crippen LogP contribution is -2.37. The van der Waals surface area contributed by atoms with Gasteiger partial charge in [-0.15, -0.1) is 0 Å². The van der Waals surface area contributed by atoms with Crippen LogP contribution in [-0.4, -0.2) is 20.2 Å². The van der Waals surface area contributed by atoms with Crippen LogP contribution in [0.3, 0.4) is 0 Å². The normalized spacial score (nSPS) is 21.0.